The lowest BCUT2D eigenvalue weighted by molar-refractivity contribution is 0.108. The second kappa shape index (κ2) is 5.81. The van der Waals surface area contributed by atoms with Gasteiger partial charge in [0.1, 0.15) is 0 Å². The van der Waals surface area contributed by atoms with Gasteiger partial charge in [0.25, 0.3) is 0 Å². The van der Waals surface area contributed by atoms with Crippen molar-refractivity contribution in [3.8, 4) is 12.0 Å². The molecule has 0 aromatic carbocycles. The van der Waals surface area contributed by atoms with E-state index in [9.17, 15) is 0 Å². The Kier molecular flexibility index (Phi) is 4.14. The fourth-order valence-electron chi connectivity index (χ4n) is 2.05. The summed E-state index contributed by atoms with van der Waals surface area (Å²) in [5.74, 6) is 0.473. The van der Waals surface area contributed by atoms with Gasteiger partial charge < -0.3 is 19.5 Å². The standard InChI is InChI=1S/C11H18N4O3/c1-16-8-5-4-7(6-8)12-9-13-10(17-2)15-11(14-9)18-3/h7-8H,4-6H2,1-3H3,(H,12,13,14,15). The Morgan fingerprint density at radius 2 is 1.67 bits per heavy atom. The number of aromatic nitrogens is 3. The van der Waals surface area contributed by atoms with Gasteiger partial charge in [0, 0.05) is 13.2 Å². The van der Waals surface area contributed by atoms with E-state index in [2.05, 4.69) is 20.3 Å². The van der Waals surface area contributed by atoms with Gasteiger partial charge >= 0.3 is 12.0 Å². The number of rotatable bonds is 5. The van der Waals surface area contributed by atoms with E-state index in [1.165, 1.54) is 14.2 Å². The monoisotopic (exact) mass is 254 g/mol. The molecule has 1 fully saturated rings. The second-order valence-electron chi connectivity index (χ2n) is 4.14. The van der Waals surface area contributed by atoms with Gasteiger partial charge in [-0.1, -0.05) is 0 Å². The van der Waals surface area contributed by atoms with Crippen LogP contribution in [0.5, 0.6) is 12.0 Å². The molecule has 0 amide bonds. The second-order valence-corrected chi connectivity index (χ2v) is 4.14. The van der Waals surface area contributed by atoms with Crippen LogP contribution in [-0.2, 0) is 4.74 Å². The smallest absolute Gasteiger partial charge is 0.324 e. The molecule has 1 aromatic heterocycles. The van der Waals surface area contributed by atoms with Crippen molar-refractivity contribution in [1.82, 2.24) is 15.0 Å². The van der Waals surface area contributed by atoms with Crippen LogP contribution in [0, 0.1) is 0 Å². The Morgan fingerprint density at radius 3 is 2.17 bits per heavy atom. The van der Waals surface area contributed by atoms with Gasteiger partial charge in [0.05, 0.1) is 20.3 Å². The van der Waals surface area contributed by atoms with Gasteiger partial charge in [-0.15, -0.1) is 4.98 Å². The molecule has 2 unspecified atom stereocenters. The molecular formula is C11H18N4O3. The topological polar surface area (TPSA) is 78.4 Å². The summed E-state index contributed by atoms with van der Waals surface area (Å²) in [4.78, 5) is 12.2. The zero-order valence-electron chi connectivity index (χ0n) is 10.8. The van der Waals surface area contributed by atoms with E-state index in [4.69, 9.17) is 14.2 Å². The fraction of sp³-hybridized carbons (Fsp3) is 0.727. The summed E-state index contributed by atoms with van der Waals surface area (Å²) in [6.45, 7) is 0. The predicted octanol–water partition coefficient (Wildman–Crippen LogP) is 0.868. The van der Waals surface area contributed by atoms with Crippen LogP contribution < -0.4 is 14.8 Å². The third-order valence-electron chi connectivity index (χ3n) is 3.01. The van der Waals surface area contributed by atoms with E-state index in [1.807, 2.05) is 0 Å². The maximum absolute atomic E-state index is 5.33. The molecule has 0 radical (unpaired) electrons. The zero-order chi connectivity index (χ0) is 13.0. The summed E-state index contributed by atoms with van der Waals surface area (Å²) in [6, 6.07) is 0.794. The molecule has 0 aliphatic heterocycles. The van der Waals surface area contributed by atoms with Crippen molar-refractivity contribution in [2.75, 3.05) is 26.6 Å². The highest BCUT2D eigenvalue weighted by atomic mass is 16.5. The van der Waals surface area contributed by atoms with Crippen molar-refractivity contribution >= 4 is 5.95 Å². The van der Waals surface area contributed by atoms with Gasteiger partial charge in [-0.05, 0) is 19.3 Å². The van der Waals surface area contributed by atoms with Crippen LogP contribution in [0.3, 0.4) is 0 Å². The van der Waals surface area contributed by atoms with Crippen LogP contribution in [0.1, 0.15) is 19.3 Å². The van der Waals surface area contributed by atoms with Crippen LogP contribution in [-0.4, -0.2) is 48.4 Å². The number of ether oxygens (including phenoxy) is 3. The maximum Gasteiger partial charge on any atom is 0.324 e. The first-order chi connectivity index (χ1) is 8.75. The lowest BCUT2D eigenvalue weighted by Gasteiger charge is -2.13. The molecule has 1 N–H and O–H groups in total. The summed E-state index contributed by atoms with van der Waals surface area (Å²) >= 11 is 0. The Labute approximate surface area is 106 Å². The van der Waals surface area contributed by atoms with E-state index in [1.54, 1.807) is 7.11 Å². The maximum atomic E-state index is 5.33. The van der Waals surface area contributed by atoms with E-state index in [0.29, 0.717) is 18.1 Å². The van der Waals surface area contributed by atoms with Crippen molar-refractivity contribution in [3.05, 3.63) is 0 Å². The Balaban J connectivity index is 2.04. The molecule has 1 aliphatic carbocycles. The number of nitrogens with zero attached hydrogens (tertiary/aromatic N) is 3. The summed E-state index contributed by atoms with van der Waals surface area (Å²) in [7, 11) is 4.76. The predicted molar refractivity (Wildman–Crippen MR) is 65.0 cm³/mol. The van der Waals surface area contributed by atoms with Crippen molar-refractivity contribution < 1.29 is 14.2 Å². The highest BCUT2D eigenvalue weighted by Gasteiger charge is 2.25. The van der Waals surface area contributed by atoms with E-state index < -0.39 is 0 Å². The quantitative estimate of drug-likeness (QED) is 0.835. The zero-order valence-corrected chi connectivity index (χ0v) is 10.8. The Morgan fingerprint density at radius 1 is 1.00 bits per heavy atom. The highest BCUT2D eigenvalue weighted by Crippen LogP contribution is 2.24. The number of hydrogen-bond donors (Lipinski definition) is 1. The highest BCUT2D eigenvalue weighted by molar-refractivity contribution is 5.29. The molecule has 2 atom stereocenters. The molecule has 100 valence electrons. The minimum absolute atomic E-state index is 0.241. The fourth-order valence-corrected chi connectivity index (χ4v) is 2.05. The molecule has 2 rings (SSSR count). The van der Waals surface area contributed by atoms with Gasteiger partial charge in [-0.25, -0.2) is 0 Å². The van der Waals surface area contributed by atoms with Gasteiger partial charge in [-0.2, -0.15) is 9.97 Å². The number of hydrogen-bond acceptors (Lipinski definition) is 7. The molecule has 7 heteroatoms. The molecule has 1 saturated carbocycles. The van der Waals surface area contributed by atoms with E-state index >= 15 is 0 Å². The molecule has 1 aliphatic rings. The lowest BCUT2D eigenvalue weighted by atomic mass is 10.2. The van der Waals surface area contributed by atoms with Crippen LogP contribution in [0.15, 0.2) is 0 Å². The first-order valence-electron chi connectivity index (χ1n) is 5.88. The molecule has 0 spiro atoms. The van der Waals surface area contributed by atoms with Crippen LogP contribution in [0.2, 0.25) is 0 Å². The van der Waals surface area contributed by atoms with Crippen LogP contribution in [0.25, 0.3) is 0 Å². The number of anilines is 1. The largest absolute Gasteiger partial charge is 0.467 e. The molecule has 1 aromatic rings. The van der Waals surface area contributed by atoms with Crippen LogP contribution >= 0.6 is 0 Å². The number of methoxy groups -OCH3 is 3. The SMILES string of the molecule is COc1nc(NC2CCC(OC)C2)nc(OC)n1. The normalized spacial score (nSPS) is 22.8. The summed E-state index contributed by atoms with van der Waals surface area (Å²) in [5.41, 5.74) is 0. The summed E-state index contributed by atoms with van der Waals surface area (Å²) in [5, 5.41) is 3.25. The molecule has 7 nitrogen and oxygen atoms in total. The van der Waals surface area contributed by atoms with Gasteiger partial charge in [0.15, 0.2) is 0 Å². The third-order valence-corrected chi connectivity index (χ3v) is 3.01. The first kappa shape index (κ1) is 12.8. The lowest BCUT2D eigenvalue weighted by Crippen LogP contribution is -2.19. The summed E-state index contributed by atoms with van der Waals surface area (Å²) < 4.78 is 15.3. The molecular weight excluding hydrogens is 236 g/mol. The van der Waals surface area contributed by atoms with Gasteiger partial charge in [0.2, 0.25) is 5.95 Å². The minimum atomic E-state index is 0.241. The van der Waals surface area contributed by atoms with Crippen LogP contribution in [0.4, 0.5) is 5.95 Å². The Hall–Kier alpha value is -1.63. The van der Waals surface area contributed by atoms with Crippen molar-refractivity contribution in [1.29, 1.82) is 0 Å². The van der Waals surface area contributed by atoms with Crippen molar-refractivity contribution in [2.24, 2.45) is 0 Å². The first-order valence-corrected chi connectivity index (χ1v) is 5.88. The third kappa shape index (κ3) is 2.98. The van der Waals surface area contributed by atoms with Crippen molar-refractivity contribution in [2.45, 2.75) is 31.4 Å². The minimum Gasteiger partial charge on any atom is -0.467 e. The van der Waals surface area contributed by atoms with E-state index in [0.717, 1.165) is 19.3 Å². The Bertz CT molecular complexity index is 380. The van der Waals surface area contributed by atoms with Crippen molar-refractivity contribution in [3.63, 3.8) is 0 Å². The molecule has 1 heterocycles. The average Bonchev–Trinajstić information content (AvgIpc) is 2.85. The van der Waals surface area contributed by atoms with E-state index in [-0.39, 0.29) is 12.0 Å². The summed E-state index contributed by atoms with van der Waals surface area (Å²) in [6.07, 6.45) is 3.35. The number of nitrogens with one attached hydrogen (secondary N) is 1. The molecule has 18 heavy (non-hydrogen) atoms. The molecule has 0 saturated heterocycles. The molecule has 0 bridgehead atoms. The van der Waals surface area contributed by atoms with Gasteiger partial charge in [-0.3, -0.25) is 0 Å². The average molecular weight is 254 g/mol.